The third-order valence-electron chi connectivity index (χ3n) is 1.57. The highest BCUT2D eigenvalue weighted by atomic mass is 16.2. The molecule has 0 radical (unpaired) electrons. The van der Waals surface area contributed by atoms with Crippen molar-refractivity contribution in [2.75, 3.05) is 0 Å². The van der Waals surface area contributed by atoms with Crippen molar-refractivity contribution in [2.24, 2.45) is 5.92 Å². The van der Waals surface area contributed by atoms with E-state index in [0.717, 1.165) is 12.8 Å². The zero-order chi connectivity index (χ0) is 6.97. The maximum atomic E-state index is 11.1. The molecule has 1 fully saturated rings. The van der Waals surface area contributed by atoms with Gasteiger partial charge in [-0.05, 0) is 12.8 Å². The van der Waals surface area contributed by atoms with E-state index in [-0.39, 0.29) is 11.8 Å². The van der Waals surface area contributed by atoms with E-state index >= 15 is 0 Å². The van der Waals surface area contributed by atoms with E-state index in [1.165, 1.54) is 17.3 Å². The van der Waals surface area contributed by atoms with Gasteiger partial charge in [-0.15, -0.1) is 0 Å². The van der Waals surface area contributed by atoms with Crippen LogP contribution in [0.5, 0.6) is 0 Å². The van der Waals surface area contributed by atoms with Crippen molar-refractivity contribution in [1.82, 2.24) is 14.8 Å². The SMILES string of the molecule is O=C(C1CC1)n1cncn1. The molecule has 0 aromatic carbocycles. The van der Waals surface area contributed by atoms with Gasteiger partial charge in [0.15, 0.2) is 0 Å². The molecule has 2 rings (SSSR count). The Labute approximate surface area is 57.9 Å². The first-order valence-electron chi connectivity index (χ1n) is 3.27. The lowest BCUT2D eigenvalue weighted by Crippen LogP contribution is -2.12. The fourth-order valence-electron chi connectivity index (χ4n) is 0.839. The molecule has 0 saturated heterocycles. The Morgan fingerprint density at radius 1 is 1.60 bits per heavy atom. The standard InChI is InChI=1S/C6H7N3O/c10-6(5-1-2-5)9-4-7-3-8-9/h3-5H,1-2H2. The summed E-state index contributed by atoms with van der Waals surface area (Å²) in [6, 6.07) is 0. The highest BCUT2D eigenvalue weighted by molar-refractivity contribution is 5.82. The van der Waals surface area contributed by atoms with Gasteiger partial charge < -0.3 is 0 Å². The Morgan fingerprint density at radius 3 is 2.90 bits per heavy atom. The van der Waals surface area contributed by atoms with E-state index < -0.39 is 0 Å². The number of carbonyl (C=O) groups excluding carboxylic acids is 1. The molecule has 0 atom stereocenters. The fraction of sp³-hybridized carbons (Fsp3) is 0.500. The van der Waals surface area contributed by atoms with E-state index in [1.807, 2.05) is 0 Å². The average molecular weight is 137 g/mol. The van der Waals surface area contributed by atoms with E-state index in [1.54, 1.807) is 0 Å². The van der Waals surface area contributed by atoms with Crippen molar-refractivity contribution < 1.29 is 4.79 Å². The van der Waals surface area contributed by atoms with Crippen LogP contribution in [0.15, 0.2) is 12.7 Å². The highest BCUT2D eigenvalue weighted by Gasteiger charge is 2.31. The maximum absolute atomic E-state index is 11.1. The minimum absolute atomic E-state index is 0.0810. The molecular formula is C6H7N3O. The third kappa shape index (κ3) is 0.814. The highest BCUT2D eigenvalue weighted by Crippen LogP contribution is 2.29. The number of carbonyl (C=O) groups is 1. The normalized spacial score (nSPS) is 17.2. The second kappa shape index (κ2) is 1.90. The summed E-state index contributed by atoms with van der Waals surface area (Å²) in [6.45, 7) is 0. The van der Waals surface area contributed by atoms with Crippen LogP contribution in [0, 0.1) is 5.92 Å². The van der Waals surface area contributed by atoms with Crippen LogP contribution in [-0.2, 0) is 0 Å². The first-order valence-corrected chi connectivity index (χ1v) is 3.27. The zero-order valence-electron chi connectivity index (χ0n) is 5.40. The van der Waals surface area contributed by atoms with Crippen LogP contribution in [0.2, 0.25) is 0 Å². The molecule has 0 amide bonds. The van der Waals surface area contributed by atoms with E-state index in [4.69, 9.17) is 0 Å². The summed E-state index contributed by atoms with van der Waals surface area (Å²) >= 11 is 0. The van der Waals surface area contributed by atoms with Gasteiger partial charge in [0.1, 0.15) is 12.7 Å². The van der Waals surface area contributed by atoms with E-state index in [0.29, 0.717) is 0 Å². The Hall–Kier alpha value is -1.19. The van der Waals surface area contributed by atoms with Crippen molar-refractivity contribution in [3.05, 3.63) is 12.7 Å². The van der Waals surface area contributed by atoms with Crippen LogP contribution in [0.1, 0.15) is 17.6 Å². The molecule has 1 aliphatic carbocycles. The van der Waals surface area contributed by atoms with Crippen molar-refractivity contribution in [2.45, 2.75) is 12.8 Å². The van der Waals surface area contributed by atoms with E-state index in [9.17, 15) is 4.79 Å². The number of hydrogen-bond acceptors (Lipinski definition) is 3. The van der Waals surface area contributed by atoms with E-state index in [2.05, 4.69) is 10.1 Å². The Balaban J connectivity index is 2.19. The van der Waals surface area contributed by atoms with Crippen LogP contribution >= 0.6 is 0 Å². The van der Waals surface area contributed by atoms with Gasteiger partial charge in [-0.2, -0.15) is 9.78 Å². The molecule has 0 aliphatic heterocycles. The average Bonchev–Trinajstić information content (AvgIpc) is 2.65. The van der Waals surface area contributed by atoms with Gasteiger partial charge in [-0.25, -0.2) is 4.98 Å². The maximum Gasteiger partial charge on any atom is 0.251 e. The van der Waals surface area contributed by atoms with Crippen LogP contribution in [0.25, 0.3) is 0 Å². The van der Waals surface area contributed by atoms with Crippen molar-refractivity contribution in [1.29, 1.82) is 0 Å². The minimum atomic E-state index is 0.0810. The van der Waals surface area contributed by atoms with Crippen LogP contribution in [0.4, 0.5) is 0 Å². The third-order valence-corrected chi connectivity index (χ3v) is 1.57. The van der Waals surface area contributed by atoms with Crippen LogP contribution < -0.4 is 0 Å². The fourth-order valence-corrected chi connectivity index (χ4v) is 0.839. The first kappa shape index (κ1) is 5.58. The molecule has 0 unspecified atom stereocenters. The van der Waals surface area contributed by atoms with Crippen molar-refractivity contribution in [3.8, 4) is 0 Å². The molecule has 52 valence electrons. The minimum Gasteiger partial charge on any atom is -0.272 e. The molecule has 10 heavy (non-hydrogen) atoms. The Morgan fingerprint density at radius 2 is 2.40 bits per heavy atom. The summed E-state index contributed by atoms with van der Waals surface area (Å²) in [4.78, 5) is 14.8. The van der Waals surface area contributed by atoms with Crippen LogP contribution in [0.3, 0.4) is 0 Å². The van der Waals surface area contributed by atoms with Gasteiger partial charge in [0, 0.05) is 5.92 Å². The number of rotatable bonds is 1. The zero-order valence-corrected chi connectivity index (χ0v) is 5.40. The summed E-state index contributed by atoms with van der Waals surface area (Å²) < 4.78 is 1.30. The molecule has 0 bridgehead atoms. The van der Waals surface area contributed by atoms with Crippen molar-refractivity contribution in [3.63, 3.8) is 0 Å². The molecule has 0 N–H and O–H groups in total. The lowest BCUT2D eigenvalue weighted by Gasteiger charge is -1.92. The first-order chi connectivity index (χ1) is 4.88. The number of hydrogen-bond donors (Lipinski definition) is 0. The summed E-state index contributed by atoms with van der Waals surface area (Å²) in [5, 5.41) is 3.73. The lowest BCUT2D eigenvalue weighted by atomic mass is 10.4. The topological polar surface area (TPSA) is 47.8 Å². The molecule has 4 nitrogen and oxygen atoms in total. The van der Waals surface area contributed by atoms with Gasteiger partial charge in [-0.1, -0.05) is 0 Å². The molecule has 4 heteroatoms. The van der Waals surface area contributed by atoms with Gasteiger partial charge in [-0.3, -0.25) is 4.79 Å². The Kier molecular flexibility index (Phi) is 1.06. The Bertz CT molecular complexity index is 238. The number of nitrogens with zero attached hydrogens (tertiary/aromatic N) is 3. The predicted octanol–water partition coefficient (Wildman–Crippen LogP) is 0.328. The quantitative estimate of drug-likeness (QED) is 0.560. The molecule has 1 saturated carbocycles. The second-order valence-corrected chi connectivity index (χ2v) is 2.45. The smallest absolute Gasteiger partial charge is 0.251 e. The van der Waals surface area contributed by atoms with Gasteiger partial charge >= 0.3 is 0 Å². The molecular weight excluding hydrogens is 130 g/mol. The van der Waals surface area contributed by atoms with Gasteiger partial charge in [0.25, 0.3) is 5.91 Å². The predicted molar refractivity (Wildman–Crippen MR) is 33.4 cm³/mol. The van der Waals surface area contributed by atoms with Gasteiger partial charge in [0.05, 0.1) is 0 Å². The summed E-state index contributed by atoms with van der Waals surface area (Å²) in [7, 11) is 0. The molecule has 1 heterocycles. The largest absolute Gasteiger partial charge is 0.272 e. The van der Waals surface area contributed by atoms with Crippen LogP contribution in [-0.4, -0.2) is 20.7 Å². The monoisotopic (exact) mass is 137 g/mol. The van der Waals surface area contributed by atoms with Crippen molar-refractivity contribution >= 4 is 5.91 Å². The molecule has 1 aromatic heterocycles. The summed E-state index contributed by atoms with van der Waals surface area (Å²) in [5.41, 5.74) is 0. The summed E-state index contributed by atoms with van der Waals surface area (Å²) in [5.74, 6) is 0.305. The molecule has 1 aromatic rings. The van der Waals surface area contributed by atoms with Gasteiger partial charge in [0.2, 0.25) is 0 Å². The number of aromatic nitrogens is 3. The molecule has 0 spiro atoms. The summed E-state index contributed by atoms with van der Waals surface area (Å²) in [6.07, 6.45) is 4.85. The second-order valence-electron chi connectivity index (χ2n) is 2.45. The molecule has 1 aliphatic rings. The lowest BCUT2D eigenvalue weighted by molar-refractivity contribution is 0.0869.